The summed E-state index contributed by atoms with van der Waals surface area (Å²) in [4.78, 5) is 31.4. The number of likely N-dealkylation sites (tertiary alicyclic amines) is 1. The highest BCUT2D eigenvalue weighted by Gasteiger charge is 2.48. The van der Waals surface area contributed by atoms with E-state index in [0.29, 0.717) is 19.6 Å². The van der Waals surface area contributed by atoms with Crippen molar-refractivity contribution in [2.75, 3.05) is 6.54 Å². The van der Waals surface area contributed by atoms with Crippen molar-refractivity contribution in [3.8, 4) is 5.75 Å². The molecule has 7 heteroatoms. The van der Waals surface area contributed by atoms with E-state index >= 15 is 0 Å². The van der Waals surface area contributed by atoms with E-state index in [2.05, 4.69) is 4.98 Å². The Bertz CT molecular complexity index is 938. The number of hydrogen-bond donors (Lipinski definition) is 2. The van der Waals surface area contributed by atoms with Crippen molar-refractivity contribution in [2.24, 2.45) is 5.92 Å². The Balaban J connectivity index is 1.72. The van der Waals surface area contributed by atoms with Gasteiger partial charge in [-0.15, -0.1) is 0 Å². The molecule has 1 aromatic carbocycles. The maximum Gasteiger partial charge on any atom is 0.266 e. The van der Waals surface area contributed by atoms with E-state index in [4.69, 9.17) is 9.94 Å². The molecule has 1 aromatic heterocycles. The van der Waals surface area contributed by atoms with Crippen LogP contribution in [0, 0.1) is 19.8 Å². The lowest BCUT2D eigenvalue weighted by molar-refractivity contribution is -0.145. The van der Waals surface area contributed by atoms with Crippen LogP contribution in [-0.4, -0.2) is 39.5 Å². The number of hydrogen-bond acceptors (Lipinski definition) is 5. The molecule has 0 saturated carbocycles. The number of pyridine rings is 1. The zero-order valence-electron chi connectivity index (χ0n) is 18.8. The number of nitrogens with zero attached hydrogens (tertiary/aromatic N) is 2. The molecule has 1 fully saturated rings. The van der Waals surface area contributed by atoms with Crippen molar-refractivity contribution in [2.45, 2.75) is 59.1 Å². The lowest BCUT2D eigenvalue weighted by Gasteiger charge is -2.31. The molecule has 2 N–H and O–H groups in total. The molecule has 3 rings (SSSR count). The molecular weight excluding hydrogens is 394 g/mol. The minimum Gasteiger partial charge on any atom is -0.489 e. The summed E-state index contributed by atoms with van der Waals surface area (Å²) in [5.41, 5.74) is 4.84. The largest absolute Gasteiger partial charge is 0.489 e. The molecule has 0 spiro atoms. The van der Waals surface area contributed by atoms with Gasteiger partial charge in [-0.05, 0) is 68.5 Å². The third-order valence-electron chi connectivity index (χ3n) is 5.97. The number of aryl methyl sites for hydroxylation is 2. The average molecular weight is 426 g/mol. The molecule has 2 atom stereocenters. The lowest BCUT2D eigenvalue weighted by Crippen LogP contribution is -2.51. The Kier molecular flexibility index (Phi) is 6.65. The highest BCUT2D eigenvalue weighted by molar-refractivity contribution is 5.94. The normalized spacial score (nSPS) is 19.6. The second kappa shape index (κ2) is 9.06. The SMILES string of the molecule is Cc1cc(COc2ccc(C3(C)CCN(C(C(=O)NO)C(C)C)C3=O)cc2)cc(C)n1. The summed E-state index contributed by atoms with van der Waals surface area (Å²) >= 11 is 0. The van der Waals surface area contributed by atoms with Gasteiger partial charge in [-0.2, -0.15) is 0 Å². The number of ether oxygens (including phenoxy) is 1. The number of hydroxylamine groups is 1. The lowest BCUT2D eigenvalue weighted by atomic mass is 9.81. The molecule has 0 aliphatic carbocycles. The summed E-state index contributed by atoms with van der Waals surface area (Å²) < 4.78 is 5.91. The zero-order chi connectivity index (χ0) is 22.8. The first-order chi connectivity index (χ1) is 14.7. The van der Waals surface area contributed by atoms with Gasteiger partial charge in [0.2, 0.25) is 5.91 Å². The second-order valence-electron chi connectivity index (χ2n) is 8.82. The Morgan fingerprint density at radius 3 is 2.39 bits per heavy atom. The standard InChI is InChI=1S/C24H31N3O4/c1-15(2)21(22(28)26-30)27-11-10-24(5,23(27)29)19-6-8-20(9-7-19)31-14-18-12-16(3)25-17(4)13-18/h6-9,12-13,15,21,30H,10-11,14H2,1-5H3,(H,26,28). The van der Waals surface area contributed by atoms with Gasteiger partial charge in [0.1, 0.15) is 18.4 Å². The van der Waals surface area contributed by atoms with E-state index in [1.165, 1.54) is 0 Å². The molecular formula is C24H31N3O4. The van der Waals surface area contributed by atoms with Crippen LogP contribution in [0.2, 0.25) is 0 Å². The fourth-order valence-electron chi connectivity index (χ4n) is 4.36. The van der Waals surface area contributed by atoms with Gasteiger partial charge in [0.05, 0.1) is 5.41 Å². The smallest absolute Gasteiger partial charge is 0.266 e. The van der Waals surface area contributed by atoms with E-state index in [1.807, 2.05) is 71.0 Å². The van der Waals surface area contributed by atoms with Crippen LogP contribution in [0.4, 0.5) is 0 Å². The van der Waals surface area contributed by atoms with Gasteiger partial charge in [0.25, 0.3) is 5.91 Å². The number of carbonyl (C=O) groups is 2. The van der Waals surface area contributed by atoms with Crippen LogP contribution in [0.15, 0.2) is 36.4 Å². The van der Waals surface area contributed by atoms with Gasteiger partial charge in [-0.3, -0.25) is 19.8 Å². The van der Waals surface area contributed by atoms with Crippen LogP contribution >= 0.6 is 0 Å². The van der Waals surface area contributed by atoms with Gasteiger partial charge in [-0.1, -0.05) is 26.0 Å². The summed E-state index contributed by atoms with van der Waals surface area (Å²) in [5.74, 6) is -0.0553. The van der Waals surface area contributed by atoms with Crippen molar-refractivity contribution in [3.05, 3.63) is 58.9 Å². The monoisotopic (exact) mass is 425 g/mol. The summed E-state index contributed by atoms with van der Waals surface area (Å²) in [6.45, 7) is 10.5. The van der Waals surface area contributed by atoms with Crippen molar-refractivity contribution in [1.82, 2.24) is 15.4 Å². The Hall–Kier alpha value is -2.93. The average Bonchev–Trinajstić information content (AvgIpc) is 3.02. The van der Waals surface area contributed by atoms with E-state index in [0.717, 1.165) is 28.3 Å². The maximum absolute atomic E-state index is 13.3. The first-order valence-electron chi connectivity index (χ1n) is 10.6. The fraction of sp³-hybridized carbons (Fsp3) is 0.458. The highest BCUT2D eigenvalue weighted by atomic mass is 16.5. The predicted molar refractivity (Wildman–Crippen MR) is 117 cm³/mol. The molecule has 1 aliphatic heterocycles. The van der Waals surface area contributed by atoms with Crippen LogP contribution in [-0.2, 0) is 21.6 Å². The van der Waals surface area contributed by atoms with Crippen LogP contribution in [0.25, 0.3) is 0 Å². The van der Waals surface area contributed by atoms with Gasteiger partial charge in [0, 0.05) is 17.9 Å². The molecule has 2 heterocycles. The minimum atomic E-state index is -0.721. The van der Waals surface area contributed by atoms with Gasteiger partial charge < -0.3 is 9.64 Å². The number of carbonyl (C=O) groups excluding carboxylic acids is 2. The first-order valence-corrected chi connectivity index (χ1v) is 10.6. The molecule has 7 nitrogen and oxygen atoms in total. The molecule has 2 aromatic rings. The number of rotatable bonds is 7. The number of amides is 2. The van der Waals surface area contributed by atoms with Gasteiger partial charge in [0.15, 0.2) is 0 Å². The highest BCUT2D eigenvalue weighted by Crippen LogP contribution is 2.38. The Morgan fingerprint density at radius 1 is 1.23 bits per heavy atom. The number of aromatic nitrogens is 1. The van der Waals surface area contributed by atoms with Gasteiger partial charge >= 0.3 is 0 Å². The van der Waals surface area contributed by atoms with Gasteiger partial charge in [-0.25, -0.2) is 5.48 Å². The van der Waals surface area contributed by atoms with Crippen LogP contribution in [0.3, 0.4) is 0 Å². The van der Waals surface area contributed by atoms with E-state index in [-0.39, 0.29) is 11.8 Å². The topological polar surface area (TPSA) is 91.8 Å². The quantitative estimate of drug-likeness (QED) is 0.525. The maximum atomic E-state index is 13.3. The first kappa shape index (κ1) is 22.7. The van der Waals surface area contributed by atoms with E-state index < -0.39 is 17.4 Å². The number of benzene rings is 1. The Morgan fingerprint density at radius 2 is 1.84 bits per heavy atom. The zero-order valence-corrected chi connectivity index (χ0v) is 18.8. The van der Waals surface area contributed by atoms with Crippen molar-refractivity contribution in [1.29, 1.82) is 0 Å². The fourth-order valence-corrected chi connectivity index (χ4v) is 4.36. The molecule has 31 heavy (non-hydrogen) atoms. The number of nitrogens with one attached hydrogen (secondary N) is 1. The molecule has 1 aliphatic rings. The molecule has 2 unspecified atom stereocenters. The molecule has 2 amide bonds. The second-order valence-corrected chi connectivity index (χ2v) is 8.82. The summed E-state index contributed by atoms with van der Waals surface area (Å²) in [6, 6.07) is 10.9. The van der Waals surface area contributed by atoms with E-state index in [1.54, 1.807) is 10.4 Å². The third kappa shape index (κ3) is 4.71. The predicted octanol–water partition coefficient (Wildman–Crippen LogP) is 3.30. The summed E-state index contributed by atoms with van der Waals surface area (Å²) in [6.07, 6.45) is 0.601. The van der Waals surface area contributed by atoms with Crippen LogP contribution < -0.4 is 10.2 Å². The van der Waals surface area contributed by atoms with Crippen LogP contribution in [0.5, 0.6) is 5.75 Å². The molecule has 0 bridgehead atoms. The Labute approximate surface area is 183 Å². The minimum absolute atomic E-state index is 0.105. The molecule has 0 radical (unpaired) electrons. The van der Waals surface area contributed by atoms with Crippen molar-refractivity contribution in [3.63, 3.8) is 0 Å². The third-order valence-corrected chi connectivity index (χ3v) is 5.97. The van der Waals surface area contributed by atoms with Crippen molar-refractivity contribution < 1.29 is 19.5 Å². The van der Waals surface area contributed by atoms with Crippen LogP contribution in [0.1, 0.15) is 49.7 Å². The van der Waals surface area contributed by atoms with Crippen molar-refractivity contribution >= 4 is 11.8 Å². The van der Waals surface area contributed by atoms with E-state index in [9.17, 15) is 9.59 Å². The summed E-state index contributed by atoms with van der Waals surface area (Å²) in [7, 11) is 0. The summed E-state index contributed by atoms with van der Waals surface area (Å²) in [5, 5.41) is 9.09. The molecule has 1 saturated heterocycles. The molecule has 166 valence electrons.